The van der Waals surface area contributed by atoms with Crippen molar-refractivity contribution in [3.63, 3.8) is 0 Å². The van der Waals surface area contributed by atoms with Crippen molar-refractivity contribution in [1.82, 2.24) is 15.1 Å². The van der Waals surface area contributed by atoms with Crippen LogP contribution in [0.4, 0.5) is 9.18 Å². The molecule has 1 aliphatic rings. The summed E-state index contributed by atoms with van der Waals surface area (Å²) in [4.78, 5) is 29.2. The van der Waals surface area contributed by atoms with E-state index < -0.39 is 12.1 Å². The van der Waals surface area contributed by atoms with E-state index in [2.05, 4.69) is 10.2 Å². The van der Waals surface area contributed by atoms with E-state index in [0.717, 1.165) is 36.5 Å². The van der Waals surface area contributed by atoms with Crippen LogP contribution < -0.4 is 11.1 Å². The number of carbonyl (C=O) groups is 2. The number of hydrogen-bond donors (Lipinski definition) is 2. The molecule has 28 heavy (non-hydrogen) atoms. The molecule has 1 aliphatic heterocycles. The van der Waals surface area contributed by atoms with E-state index in [1.807, 2.05) is 22.4 Å². The highest BCUT2D eigenvalue weighted by atomic mass is 32.1. The number of nitrogens with zero attached hydrogens (tertiary/aromatic N) is 2. The van der Waals surface area contributed by atoms with Gasteiger partial charge in [-0.3, -0.25) is 9.69 Å². The molecule has 1 atom stereocenters. The van der Waals surface area contributed by atoms with Crippen LogP contribution in [-0.2, 0) is 11.3 Å². The second-order valence-corrected chi connectivity index (χ2v) is 7.90. The Morgan fingerprint density at radius 2 is 1.93 bits per heavy atom. The monoisotopic (exact) mass is 404 g/mol. The van der Waals surface area contributed by atoms with Crippen molar-refractivity contribution in [2.45, 2.75) is 25.4 Å². The van der Waals surface area contributed by atoms with Gasteiger partial charge in [0.05, 0.1) is 12.5 Å². The number of nitrogens with two attached hydrogens (primary N) is 1. The average Bonchev–Trinajstić information content (AvgIpc) is 3.10. The zero-order valence-corrected chi connectivity index (χ0v) is 16.5. The number of urea groups is 1. The Hall–Kier alpha value is -2.45. The summed E-state index contributed by atoms with van der Waals surface area (Å²) in [7, 11) is 0. The first kappa shape index (κ1) is 20.3. The number of rotatable bonds is 6. The van der Waals surface area contributed by atoms with Gasteiger partial charge in [-0.05, 0) is 35.6 Å². The number of benzene rings is 1. The number of amides is 3. The minimum atomic E-state index is -0.632. The quantitative estimate of drug-likeness (QED) is 0.777. The van der Waals surface area contributed by atoms with Crippen molar-refractivity contribution < 1.29 is 14.0 Å². The fraction of sp³-hybridized carbons (Fsp3) is 0.400. The molecule has 8 heteroatoms. The highest BCUT2D eigenvalue weighted by Gasteiger charge is 2.24. The fourth-order valence-corrected chi connectivity index (χ4v) is 4.19. The first-order chi connectivity index (χ1) is 13.5. The maximum Gasteiger partial charge on any atom is 0.312 e. The third-order valence-electron chi connectivity index (χ3n) is 4.84. The maximum atomic E-state index is 13.1. The predicted octanol–water partition coefficient (Wildman–Crippen LogP) is 2.72. The lowest BCUT2D eigenvalue weighted by molar-refractivity contribution is -0.131. The summed E-state index contributed by atoms with van der Waals surface area (Å²) < 4.78 is 13.1. The first-order valence-electron chi connectivity index (χ1n) is 9.35. The molecule has 0 radical (unpaired) electrons. The average molecular weight is 405 g/mol. The van der Waals surface area contributed by atoms with Gasteiger partial charge in [0.25, 0.3) is 0 Å². The highest BCUT2D eigenvalue weighted by Crippen LogP contribution is 2.23. The van der Waals surface area contributed by atoms with Gasteiger partial charge in [0.15, 0.2) is 0 Å². The summed E-state index contributed by atoms with van der Waals surface area (Å²) in [5, 5.41) is 4.59. The van der Waals surface area contributed by atoms with E-state index in [1.165, 1.54) is 23.5 Å². The van der Waals surface area contributed by atoms with Crippen LogP contribution in [0.3, 0.4) is 0 Å². The van der Waals surface area contributed by atoms with E-state index >= 15 is 0 Å². The van der Waals surface area contributed by atoms with Crippen LogP contribution in [0.5, 0.6) is 0 Å². The van der Waals surface area contributed by atoms with Crippen LogP contribution in [-0.4, -0.2) is 47.9 Å². The molecule has 1 saturated heterocycles. The number of nitrogens with one attached hydrogen (secondary N) is 1. The Bertz CT molecular complexity index is 782. The van der Waals surface area contributed by atoms with E-state index in [-0.39, 0.29) is 18.1 Å². The van der Waals surface area contributed by atoms with E-state index in [1.54, 1.807) is 12.1 Å². The molecule has 1 aromatic heterocycles. The molecule has 3 rings (SSSR count). The van der Waals surface area contributed by atoms with Crippen LogP contribution in [0.2, 0.25) is 0 Å². The molecule has 1 unspecified atom stereocenters. The van der Waals surface area contributed by atoms with Crippen molar-refractivity contribution in [3.8, 4) is 0 Å². The molecule has 1 aromatic carbocycles. The lowest BCUT2D eigenvalue weighted by Crippen LogP contribution is -2.39. The summed E-state index contributed by atoms with van der Waals surface area (Å²) in [6.45, 7) is 3.70. The molecule has 0 spiro atoms. The third-order valence-corrected chi connectivity index (χ3v) is 5.83. The molecule has 150 valence electrons. The molecule has 6 nitrogen and oxygen atoms in total. The Morgan fingerprint density at radius 3 is 2.61 bits per heavy atom. The number of carbonyl (C=O) groups excluding carboxylic acids is 2. The molecule has 3 N–H and O–H groups in total. The Balaban J connectivity index is 1.55. The largest absolute Gasteiger partial charge is 0.352 e. The van der Waals surface area contributed by atoms with Crippen LogP contribution >= 0.6 is 11.3 Å². The lowest BCUT2D eigenvalue weighted by atomic mass is 10.1. The minimum Gasteiger partial charge on any atom is -0.352 e. The zero-order valence-electron chi connectivity index (χ0n) is 15.6. The van der Waals surface area contributed by atoms with E-state index in [4.69, 9.17) is 5.73 Å². The zero-order chi connectivity index (χ0) is 19.9. The van der Waals surface area contributed by atoms with Gasteiger partial charge in [0.2, 0.25) is 5.91 Å². The molecular weight excluding hydrogens is 379 g/mol. The summed E-state index contributed by atoms with van der Waals surface area (Å²) in [6, 6.07) is 9.29. The van der Waals surface area contributed by atoms with Crippen molar-refractivity contribution in [2.75, 3.05) is 26.2 Å². The fourth-order valence-electron chi connectivity index (χ4n) is 3.41. The molecule has 3 amide bonds. The van der Waals surface area contributed by atoms with Crippen molar-refractivity contribution >= 4 is 23.3 Å². The van der Waals surface area contributed by atoms with Crippen molar-refractivity contribution in [3.05, 3.63) is 58.0 Å². The number of hydrogen-bond acceptors (Lipinski definition) is 4. The summed E-state index contributed by atoms with van der Waals surface area (Å²) in [5.74, 6) is -0.225. The van der Waals surface area contributed by atoms with Crippen LogP contribution in [0.25, 0.3) is 0 Å². The van der Waals surface area contributed by atoms with Crippen LogP contribution in [0.1, 0.15) is 29.3 Å². The molecule has 1 fully saturated rings. The molecular formula is C20H25FN4O2S. The van der Waals surface area contributed by atoms with Crippen molar-refractivity contribution in [2.24, 2.45) is 5.73 Å². The standard InChI is InChI=1S/C20H25FN4O2S/c21-16-6-4-15(5-7-16)14-24-8-2-9-25(11-10-24)19(26)13-17(23-20(22)27)18-3-1-12-28-18/h1,3-7,12,17H,2,8-11,13-14H2,(H3,22,23,27). The van der Waals surface area contributed by atoms with Gasteiger partial charge < -0.3 is 16.0 Å². The highest BCUT2D eigenvalue weighted by molar-refractivity contribution is 7.10. The first-order valence-corrected chi connectivity index (χ1v) is 10.2. The molecule has 2 aromatic rings. The summed E-state index contributed by atoms with van der Waals surface area (Å²) >= 11 is 1.49. The van der Waals surface area contributed by atoms with Crippen LogP contribution in [0.15, 0.2) is 41.8 Å². The number of halogens is 1. The smallest absolute Gasteiger partial charge is 0.312 e. The number of primary amides is 1. The van der Waals surface area contributed by atoms with Crippen LogP contribution in [0, 0.1) is 5.82 Å². The normalized spacial score (nSPS) is 16.4. The lowest BCUT2D eigenvalue weighted by Gasteiger charge is -2.24. The van der Waals surface area contributed by atoms with Gasteiger partial charge in [-0.1, -0.05) is 18.2 Å². The Kier molecular flexibility index (Phi) is 7.00. The molecule has 0 aliphatic carbocycles. The van der Waals surface area contributed by atoms with Gasteiger partial charge in [-0.15, -0.1) is 11.3 Å². The topological polar surface area (TPSA) is 78.7 Å². The van der Waals surface area contributed by atoms with E-state index in [9.17, 15) is 14.0 Å². The molecule has 0 bridgehead atoms. The van der Waals surface area contributed by atoms with Gasteiger partial charge in [-0.2, -0.15) is 0 Å². The minimum absolute atomic E-state index is 0.00998. The summed E-state index contributed by atoms with van der Waals surface area (Å²) in [6.07, 6.45) is 1.07. The van der Waals surface area contributed by atoms with Gasteiger partial charge in [0.1, 0.15) is 5.82 Å². The van der Waals surface area contributed by atoms with Crippen molar-refractivity contribution in [1.29, 1.82) is 0 Å². The van der Waals surface area contributed by atoms with Gasteiger partial charge in [0, 0.05) is 37.6 Å². The second kappa shape index (κ2) is 9.66. The Morgan fingerprint density at radius 1 is 1.14 bits per heavy atom. The SMILES string of the molecule is NC(=O)NC(CC(=O)N1CCCN(Cc2ccc(F)cc2)CC1)c1cccs1. The summed E-state index contributed by atoms with van der Waals surface area (Å²) in [5.41, 5.74) is 6.34. The maximum absolute atomic E-state index is 13.1. The molecule has 0 saturated carbocycles. The van der Waals surface area contributed by atoms with Gasteiger partial charge in [-0.25, -0.2) is 9.18 Å². The van der Waals surface area contributed by atoms with E-state index in [0.29, 0.717) is 13.1 Å². The molecule has 2 heterocycles. The Labute approximate surface area is 168 Å². The predicted molar refractivity (Wildman–Crippen MR) is 107 cm³/mol. The third kappa shape index (κ3) is 5.77. The van der Waals surface area contributed by atoms with Gasteiger partial charge >= 0.3 is 6.03 Å². The number of thiophene rings is 1. The second-order valence-electron chi connectivity index (χ2n) is 6.92.